The molecular weight excluding hydrogens is 655 g/mol. The Morgan fingerprint density at radius 3 is 2.49 bits per heavy atom. The Morgan fingerprint density at radius 2 is 1.83 bits per heavy atom. The summed E-state index contributed by atoms with van der Waals surface area (Å²) in [6, 6.07) is 19.4. The van der Waals surface area contributed by atoms with E-state index in [1.54, 1.807) is 48.9 Å². The Labute approximate surface area is 254 Å². The molecule has 0 aliphatic carbocycles. The number of rotatable bonds is 8. The number of hydrogen-bond acceptors (Lipinski definition) is 8. The zero-order valence-corrected chi connectivity index (χ0v) is 25.6. The van der Waals surface area contributed by atoms with Gasteiger partial charge in [0.05, 0.1) is 45.7 Å². The first-order valence-electron chi connectivity index (χ1n) is 12.9. The zero-order valence-electron chi connectivity index (χ0n) is 22.6. The summed E-state index contributed by atoms with van der Waals surface area (Å²) >= 11 is 3.26. The molecule has 1 aliphatic heterocycles. The molecule has 0 unspecified atom stereocenters. The van der Waals surface area contributed by atoms with Crippen LogP contribution in [-0.4, -0.2) is 36.0 Å². The molecular formula is C31H27IN2O6S. The van der Waals surface area contributed by atoms with Gasteiger partial charge in [0.25, 0.3) is 5.56 Å². The molecule has 2 heterocycles. The molecule has 0 fully saturated rings. The van der Waals surface area contributed by atoms with Crippen molar-refractivity contribution in [3.8, 4) is 17.2 Å². The van der Waals surface area contributed by atoms with Crippen molar-refractivity contribution in [1.82, 2.24) is 4.57 Å². The quantitative estimate of drug-likeness (QED) is 0.215. The summed E-state index contributed by atoms with van der Waals surface area (Å²) in [6.07, 6.45) is 1.75. The summed E-state index contributed by atoms with van der Waals surface area (Å²) in [7, 11) is 1.58. The molecule has 10 heteroatoms. The average molecular weight is 683 g/mol. The Hall–Kier alpha value is -3.90. The van der Waals surface area contributed by atoms with Gasteiger partial charge in [-0.25, -0.2) is 9.79 Å². The number of hydrogen-bond donors (Lipinski definition) is 1. The molecule has 3 aromatic carbocycles. The number of halogens is 1. The van der Waals surface area contributed by atoms with Crippen LogP contribution in [0.15, 0.2) is 82.1 Å². The highest BCUT2D eigenvalue weighted by Crippen LogP contribution is 2.36. The van der Waals surface area contributed by atoms with Crippen LogP contribution in [0.1, 0.15) is 36.6 Å². The van der Waals surface area contributed by atoms with Crippen molar-refractivity contribution in [2.75, 3.05) is 20.3 Å². The minimum absolute atomic E-state index is 0.0529. The van der Waals surface area contributed by atoms with Crippen LogP contribution in [0.3, 0.4) is 0 Å². The van der Waals surface area contributed by atoms with Gasteiger partial charge in [0.2, 0.25) is 0 Å². The maximum Gasteiger partial charge on any atom is 0.338 e. The van der Waals surface area contributed by atoms with Gasteiger partial charge in [-0.3, -0.25) is 9.36 Å². The molecule has 1 aliphatic rings. The normalized spacial score (nSPS) is 14.8. The van der Waals surface area contributed by atoms with Crippen LogP contribution in [0.25, 0.3) is 11.8 Å². The van der Waals surface area contributed by atoms with E-state index in [1.807, 2.05) is 72.0 Å². The van der Waals surface area contributed by atoms with E-state index >= 15 is 0 Å². The van der Waals surface area contributed by atoms with E-state index in [2.05, 4.69) is 0 Å². The van der Waals surface area contributed by atoms with Crippen molar-refractivity contribution in [2.24, 2.45) is 4.99 Å². The number of benzene rings is 3. The third-order valence-electron chi connectivity index (χ3n) is 6.45. The fourth-order valence-electron chi connectivity index (χ4n) is 4.64. The van der Waals surface area contributed by atoms with E-state index in [0.29, 0.717) is 47.8 Å². The number of methoxy groups -OCH3 is 1. The Bertz CT molecular complexity index is 1810. The minimum atomic E-state index is -0.785. The van der Waals surface area contributed by atoms with Crippen molar-refractivity contribution in [3.05, 3.63) is 112 Å². The number of esters is 1. The van der Waals surface area contributed by atoms with Crippen LogP contribution in [0.4, 0.5) is 0 Å². The van der Waals surface area contributed by atoms with E-state index in [1.165, 1.54) is 11.3 Å². The molecule has 0 bridgehead atoms. The number of aromatic hydroxyl groups is 1. The molecule has 1 N–H and O–H groups in total. The van der Waals surface area contributed by atoms with Crippen molar-refractivity contribution < 1.29 is 24.1 Å². The fraction of sp³-hybridized carbons (Fsp3) is 0.194. The highest BCUT2D eigenvalue weighted by molar-refractivity contribution is 14.1. The molecule has 5 rings (SSSR count). The minimum Gasteiger partial charge on any atom is -0.504 e. The van der Waals surface area contributed by atoms with Crippen molar-refractivity contribution in [3.63, 3.8) is 0 Å². The van der Waals surface area contributed by atoms with Gasteiger partial charge in [-0.15, -0.1) is 0 Å². The first kappa shape index (κ1) is 28.6. The summed E-state index contributed by atoms with van der Waals surface area (Å²) in [6.45, 7) is 4.14. The van der Waals surface area contributed by atoms with Gasteiger partial charge in [0.15, 0.2) is 16.3 Å². The number of nitrogens with zero attached hydrogens (tertiary/aromatic N) is 2. The molecule has 4 aromatic rings. The number of carbonyl (C=O) groups is 1. The number of phenolic OH excluding ortho intramolecular Hbond substituents is 1. The summed E-state index contributed by atoms with van der Waals surface area (Å²) in [4.78, 5) is 32.9. The lowest BCUT2D eigenvalue weighted by atomic mass is 9.93. The number of ether oxygens (including phenoxy) is 3. The van der Waals surface area contributed by atoms with Crippen molar-refractivity contribution >= 4 is 51.7 Å². The zero-order chi connectivity index (χ0) is 29.1. The van der Waals surface area contributed by atoms with E-state index in [4.69, 9.17) is 19.2 Å². The van der Waals surface area contributed by atoms with Gasteiger partial charge in [-0.2, -0.15) is 0 Å². The molecule has 41 heavy (non-hydrogen) atoms. The average Bonchev–Trinajstić information content (AvgIpc) is 3.29. The first-order chi connectivity index (χ1) is 19.9. The maximum atomic E-state index is 14.1. The smallest absolute Gasteiger partial charge is 0.338 e. The predicted octanol–water partition coefficient (Wildman–Crippen LogP) is 4.65. The van der Waals surface area contributed by atoms with E-state index in [9.17, 15) is 14.7 Å². The monoisotopic (exact) mass is 682 g/mol. The van der Waals surface area contributed by atoms with Gasteiger partial charge in [0.1, 0.15) is 5.75 Å². The van der Waals surface area contributed by atoms with Crippen LogP contribution in [-0.2, 0) is 9.53 Å². The van der Waals surface area contributed by atoms with Gasteiger partial charge >= 0.3 is 5.97 Å². The fourth-order valence-corrected chi connectivity index (χ4v) is 6.26. The Kier molecular flexibility index (Phi) is 8.60. The van der Waals surface area contributed by atoms with Gasteiger partial charge in [-0.05, 0) is 77.9 Å². The predicted molar refractivity (Wildman–Crippen MR) is 166 cm³/mol. The van der Waals surface area contributed by atoms with Crippen LogP contribution in [0, 0.1) is 3.57 Å². The number of aromatic nitrogens is 1. The largest absolute Gasteiger partial charge is 0.504 e. The van der Waals surface area contributed by atoms with Gasteiger partial charge in [-0.1, -0.05) is 53.8 Å². The first-order valence-corrected chi connectivity index (χ1v) is 14.8. The lowest BCUT2D eigenvalue weighted by Gasteiger charge is -2.26. The molecule has 0 radical (unpaired) electrons. The molecule has 0 saturated carbocycles. The molecule has 8 nitrogen and oxygen atoms in total. The summed E-state index contributed by atoms with van der Waals surface area (Å²) in [5.41, 5.74) is 2.57. The van der Waals surface area contributed by atoms with E-state index in [-0.39, 0.29) is 23.5 Å². The lowest BCUT2D eigenvalue weighted by molar-refractivity contribution is -0.138. The highest BCUT2D eigenvalue weighted by Gasteiger charge is 2.35. The van der Waals surface area contributed by atoms with Gasteiger partial charge in [0, 0.05) is 5.56 Å². The summed E-state index contributed by atoms with van der Waals surface area (Å²) in [5.74, 6) is 0.500. The molecule has 1 atom stereocenters. The summed E-state index contributed by atoms with van der Waals surface area (Å²) < 4.78 is 19.0. The number of phenols is 1. The highest BCUT2D eigenvalue weighted by atomic mass is 127. The van der Waals surface area contributed by atoms with Crippen LogP contribution in [0.2, 0.25) is 0 Å². The van der Waals surface area contributed by atoms with E-state index in [0.717, 1.165) is 5.56 Å². The Balaban J connectivity index is 1.80. The second-order valence-corrected chi connectivity index (χ2v) is 11.2. The van der Waals surface area contributed by atoms with Crippen molar-refractivity contribution in [2.45, 2.75) is 19.9 Å². The number of thiazole rings is 1. The standard InChI is InChI=1S/C31H27IN2O6S/c1-4-39-23-16-18(15-22(32)28(23)35)17-24-29(36)34-27(20-11-13-21(38-3)14-12-20)25(30(37)40-5-2)26(33-31(34)41-24)19-9-7-6-8-10-19/h6-17,27,35H,4-5H2,1-3H3/b24-17-/t27-/m1/s1. The van der Waals surface area contributed by atoms with Crippen LogP contribution in [0.5, 0.6) is 17.2 Å². The Morgan fingerprint density at radius 1 is 1.10 bits per heavy atom. The van der Waals surface area contributed by atoms with Crippen molar-refractivity contribution in [1.29, 1.82) is 0 Å². The number of carbonyl (C=O) groups excluding carboxylic acids is 1. The SMILES string of the molecule is CCOC(=O)C1=C(c2ccccc2)N=c2s/c(=C\c3cc(I)c(O)c(OCC)c3)c(=O)n2[C@@H]1c1ccc(OC)cc1. The molecule has 1 aromatic heterocycles. The van der Waals surface area contributed by atoms with Crippen LogP contribution >= 0.6 is 33.9 Å². The van der Waals surface area contributed by atoms with E-state index < -0.39 is 12.0 Å². The maximum absolute atomic E-state index is 14.1. The molecule has 0 amide bonds. The molecule has 0 spiro atoms. The number of fused-ring (bicyclic) bond motifs is 1. The second kappa shape index (κ2) is 12.3. The third kappa shape index (κ3) is 5.66. The molecule has 0 saturated heterocycles. The van der Waals surface area contributed by atoms with Gasteiger partial charge < -0.3 is 19.3 Å². The van der Waals surface area contributed by atoms with Crippen LogP contribution < -0.4 is 24.4 Å². The lowest BCUT2D eigenvalue weighted by Crippen LogP contribution is -2.40. The molecule has 210 valence electrons. The third-order valence-corrected chi connectivity index (χ3v) is 8.26. The second-order valence-electron chi connectivity index (χ2n) is 8.99. The topological polar surface area (TPSA) is 99.4 Å². The summed E-state index contributed by atoms with van der Waals surface area (Å²) in [5, 5.41) is 10.4.